The quantitative estimate of drug-likeness (QED) is 0.822. The van der Waals surface area contributed by atoms with Crippen LogP contribution in [-0.2, 0) is 11.3 Å². The van der Waals surface area contributed by atoms with E-state index in [-0.39, 0.29) is 11.7 Å². The molecule has 1 amide bonds. The molecule has 0 aliphatic carbocycles. The molecule has 1 aromatic heterocycles. The van der Waals surface area contributed by atoms with Gasteiger partial charge in [-0.1, -0.05) is 23.7 Å². The molecule has 0 unspecified atom stereocenters. The third kappa shape index (κ3) is 4.54. The Morgan fingerprint density at radius 1 is 1.45 bits per heavy atom. The molecule has 1 N–H and O–H groups in total. The molecule has 1 heterocycles. The number of hydrogen-bond donors (Lipinski definition) is 1. The van der Waals surface area contributed by atoms with Gasteiger partial charge in [0.1, 0.15) is 5.75 Å². The summed E-state index contributed by atoms with van der Waals surface area (Å²) in [6.07, 6.45) is 0.945. The van der Waals surface area contributed by atoms with E-state index in [9.17, 15) is 9.59 Å². The Hall–Kier alpha value is -1.92. The van der Waals surface area contributed by atoms with E-state index >= 15 is 0 Å². The monoisotopic (exact) mass is 338 g/mol. The summed E-state index contributed by atoms with van der Waals surface area (Å²) in [6, 6.07) is 6.75. The minimum atomic E-state index is -0.675. The second kappa shape index (κ2) is 7.38. The summed E-state index contributed by atoms with van der Waals surface area (Å²) < 4.78 is 6.00. The minimum Gasteiger partial charge on any atom is -0.481 e. The molecule has 5 nitrogen and oxygen atoms in total. The third-order valence-corrected chi connectivity index (χ3v) is 4.00. The lowest BCUT2D eigenvalue weighted by Gasteiger charge is -2.14. The number of thiazole rings is 1. The average Bonchev–Trinajstić information content (AvgIpc) is 2.90. The highest BCUT2D eigenvalue weighted by Gasteiger charge is 2.15. The van der Waals surface area contributed by atoms with Crippen LogP contribution in [0.2, 0.25) is 4.47 Å². The van der Waals surface area contributed by atoms with Gasteiger partial charge in [0.25, 0.3) is 5.91 Å². The van der Waals surface area contributed by atoms with Crippen LogP contribution in [0.3, 0.4) is 0 Å². The molecule has 0 aliphatic rings. The smallest absolute Gasteiger partial charge is 0.261 e. The molecular weight excluding hydrogens is 324 g/mol. The molecule has 0 bridgehead atoms. The molecular formula is C15H15ClN2O3S. The van der Waals surface area contributed by atoms with Crippen LogP contribution in [0.4, 0.5) is 0 Å². The second-order valence-electron chi connectivity index (χ2n) is 4.64. The number of ketones is 1. The predicted octanol–water partition coefficient (Wildman–Crippen LogP) is 3.08. The Morgan fingerprint density at radius 2 is 2.23 bits per heavy atom. The lowest BCUT2D eigenvalue weighted by Crippen LogP contribution is -2.35. The molecule has 1 aromatic carbocycles. The average molecular weight is 339 g/mol. The van der Waals surface area contributed by atoms with Gasteiger partial charge in [0.15, 0.2) is 16.4 Å². The molecule has 0 spiro atoms. The molecule has 2 aromatic rings. The van der Waals surface area contributed by atoms with E-state index in [0.29, 0.717) is 22.3 Å². The van der Waals surface area contributed by atoms with E-state index in [2.05, 4.69) is 10.3 Å². The Kier molecular flexibility index (Phi) is 5.51. The van der Waals surface area contributed by atoms with Gasteiger partial charge in [0.2, 0.25) is 0 Å². The molecule has 0 saturated heterocycles. The van der Waals surface area contributed by atoms with Gasteiger partial charge in [-0.25, -0.2) is 4.98 Å². The van der Waals surface area contributed by atoms with Crippen molar-refractivity contribution in [3.8, 4) is 5.75 Å². The zero-order chi connectivity index (χ0) is 16.1. The standard InChI is InChI=1S/C15H15ClN2O3S/c1-9(19)11-4-3-5-12(6-11)21-10(2)14(20)17-7-13-8-18-15(16)22-13/h3-6,8,10H,7H2,1-2H3,(H,17,20)/t10-/m0/s1. The van der Waals surface area contributed by atoms with Crippen molar-refractivity contribution in [2.45, 2.75) is 26.5 Å². The summed E-state index contributed by atoms with van der Waals surface area (Å²) in [5.41, 5.74) is 0.546. The van der Waals surface area contributed by atoms with E-state index in [4.69, 9.17) is 16.3 Å². The lowest BCUT2D eigenvalue weighted by atomic mass is 10.1. The first-order valence-corrected chi connectivity index (χ1v) is 7.80. The van der Waals surface area contributed by atoms with Crippen LogP contribution < -0.4 is 10.1 Å². The minimum absolute atomic E-state index is 0.0513. The maximum Gasteiger partial charge on any atom is 0.261 e. The van der Waals surface area contributed by atoms with Crippen LogP contribution in [0.15, 0.2) is 30.5 Å². The van der Waals surface area contributed by atoms with Gasteiger partial charge in [0, 0.05) is 16.6 Å². The van der Waals surface area contributed by atoms with Crippen molar-refractivity contribution in [1.29, 1.82) is 0 Å². The fourth-order valence-corrected chi connectivity index (χ4v) is 2.65. The van der Waals surface area contributed by atoms with Crippen molar-refractivity contribution in [3.63, 3.8) is 0 Å². The molecule has 116 valence electrons. The number of carbonyl (C=O) groups is 2. The first-order valence-electron chi connectivity index (χ1n) is 6.61. The number of nitrogens with zero attached hydrogens (tertiary/aromatic N) is 1. The highest BCUT2D eigenvalue weighted by molar-refractivity contribution is 7.15. The molecule has 22 heavy (non-hydrogen) atoms. The van der Waals surface area contributed by atoms with E-state index in [0.717, 1.165) is 4.88 Å². The Bertz CT molecular complexity index is 687. The number of aromatic nitrogens is 1. The fourth-order valence-electron chi connectivity index (χ4n) is 1.73. The van der Waals surface area contributed by atoms with Crippen molar-refractivity contribution in [2.75, 3.05) is 0 Å². The highest BCUT2D eigenvalue weighted by Crippen LogP contribution is 2.18. The van der Waals surface area contributed by atoms with Crippen LogP contribution in [0.25, 0.3) is 0 Å². The SMILES string of the molecule is CC(=O)c1cccc(O[C@@H](C)C(=O)NCc2cnc(Cl)s2)c1. The summed E-state index contributed by atoms with van der Waals surface area (Å²) in [4.78, 5) is 28.1. The number of ether oxygens (including phenoxy) is 1. The van der Waals surface area contributed by atoms with Crippen LogP contribution >= 0.6 is 22.9 Å². The zero-order valence-corrected chi connectivity index (χ0v) is 13.7. The second-order valence-corrected chi connectivity index (χ2v) is 6.34. The number of nitrogens with one attached hydrogen (secondary N) is 1. The van der Waals surface area contributed by atoms with Crippen molar-refractivity contribution < 1.29 is 14.3 Å². The van der Waals surface area contributed by atoms with Gasteiger partial charge in [-0.2, -0.15) is 0 Å². The van der Waals surface area contributed by atoms with E-state index < -0.39 is 6.10 Å². The Balaban J connectivity index is 1.90. The van der Waals surface area contributed by atoms with E-state index in [1.165, 1.54) is 18.3 Å². The maximum absolute atomic E-state index is 12.0. The normalized spacial score (nSPS) is 11.8. The predicted molar refractivity (Wildman–Crippen MR) is 85.5 cm³/mol. The van der Waals surface area contributed by atoms with Crippen LogP contribution in [0.5, 0.6) is 5.75 Å². The first-order chi connectivity index (χ1) is 10.5. The maximum atomic E-state index is 12.0. The fraction of sp³-hybridized carbons (Fsp3) is 0.267. The number of benzene rings is 1. The molecule has 0 saturated carbocycles. The Labute approximate surface area is 137 Å². The van der Waals surface area contributed by atoms with Crippen LogP contribution in [0, 0.1) is 0 Å². The van der Waals surface area contributed by atoms with Crippen molar-refractivity contribution in [3.05, 3.63) is 45.4 Å². The summed E-state index contributed by atoms with van der Waals surface area (Å²) in [5.74, 6) is 0.179. The number of halogens is 1. The number of amides is 1. The molecule has 7 heteroatoms. The largest absolute Gasteiger partial charge is 0.481 e. The van der Waals surface area contributed by atoms with Gasteiger partial charge in [-0.05, 0) is 26.0 Å². The van der Waals surface area contributed by atoms with Gasteiger partial charge in [-0.15, -0.1) is 11.3 Å². The van der Waals surface area contributed by atoms with E-state index in [1.54, 1.807) is 37.4 Å². The molecule has 0 fully saturated rings. The summed E-state index contributed by atoms with van der Waals surface area (Å²) >= 11 is 7.04. The van der Waals surface area contributed by atoms with Gasteiger partial charge >= 0.3 is 0 Å². The van der Waals surface area contributed by atoms with Crippen LogP contribution in [-0.4, -0.2) is 22.8 Å². The lowest BCUT2D eigenvalue weighted by molar-refractivity contribution is -0.127. The molecule has 0 aliphatic heterocycles. The first kappa shape index (κ1) is 16.5. The van der Waals surface area contributed by atoms with Gasteiger partial charge in [-0.3, -0.25) is 9.59 Å². The van der Waals surface area contributed by atoms with Crippen molar-refractivity contribution in [2.24, 2.45) is 0 Å². The number of carbonyl (C=O) groups excluding carboxylic acids is 2. The number of hydrogen-bond acceptors (Lipinski definition) is 5. The van der Waals surface area contributed by atoms with Gasteiger partial charge in [0.05, 0.1) is 6.54 Å². The molecule has 1 atom stereocenters. The van der Waals surface area contributed by atoms with Crippen LogP contribution in [0.1, 0.15) is 29.1 Å². The number of rotatable bonds is 6. The summed E-state index contributed by atoms with van der Waals surface area (Å²) in [5, 5.41) is 2.75. The zero-order valence-electron chi connectivity index (χ0n) is 12.1. The van der Waals surface area contributed by atoms with E-state index in [1.807, 2.05) is 0 Å². The van der Waals surface area contributed by atoms with Crippen molar-refractivity contribution >= 4 is 34.6 Å². The molecule has 2 rings (SSSR count). The summed E-state index contributed by atoms with van der Waals surface area (Å²) in [7, 11) is 0. The summed E-state index contributed by atoms with van der Waals surface area (Å²) in [6.45, 7) is 3.48. The number of Topliss-reactive ketones (excluding diaryl/α,β-unsaturated/α-hetero) is 1. The highest BCUT2D eigenvalue weighted by atomic mass is 35.5. The third-order valence-electron chi connectivity index (χ3n) is 2.88. The topological polar surface area (TPSA) is 68.3 Å². The Morgan fingerprint density at radius 3 is 2.86 bits per heavy atom. The van der Waals surface area contributed by atoms with Crippen molar-refractivity contribution in [1.82, 2.24) is 10.3 Å². The van der Waals surface area contributed by atoms with Gasteiger partial charge < -0.3 is 10.1 Å². The molecule has 0 radical (unpaired) electrons.